The van der Waals surface area contributed by atoms with E-state index in [1.807, 2.05) is 0 Å². The molecule has 0 amide bonds. The van der Waals surface area contributed by atoms with Gasteiger partial charge in [-0.3, -0.25) is 0 Å². The highest BCUT2D eigenvalue weighted by molar-refractivity contribution is 6.30. The number of hydrogen-bond donors (Lipinski definition) is 1. The Balaban J connectivity index is 1.88. The van der Waals surface area contributed by atoms with Gasteiger partial charge in [0.25, 0.3) is 0 Å². The van der Waals surface area contributed by atoms with Gasteiger partial charge in [-0.2, -0.15) is 9.98 Å². The molecule has 2 heterocycles. The van der Waals surface area contributed by atoms with Crippen LogP contribution in [-0.4, -0.2) is 23.7 Å². The van der Waals surface area contributed by atoms with Gasteiger partial charge in [-0.15, -0.1) is 10.2 Å². The second-order valence-corrected chi connectivity index (χ2v) is 3.98. The molecule has 0 bridgehead atoms. The lowest BCUT2D eigenvalue weighted by molar-refractivity contribution is 0.531. The van der Waals surface area contributed by atoms with Gasteiger partial charge in [0, 0.05) is 5.02 Å². The molecule has 0 fully saturated rings. The quantitative estimate of drug-likeness (QED) is 0.831. The predicted octanol–water partition coefficient (Wildman–Crippen LogP) is 1.59. The van der Waals surface area contributed by atoms with Gasteiger partial charge in [0.15, 0.2) is 5.84 Å². The molecule has 2 N–H and O–H groups in total. The van der Waals surface area contributed by atoms with Crippen LogP contribution < -0.4 is 10.5 Å². The standard InChI is InChI=1S/C10H7ClN6O/c11-5-1-3-6(4-2-5)18-9-7-8(16-17-15-7)13-10(12)14-9/h1-4,7H,(H2,12,13,15,16). The average molecular weight is 263 g/mol. The molecule has 3 rings (SSSR count). The molecule has 0 spiro atoms. The highest BCUT2D eigenvalue weighted by Crippen LogP contribution is 2.19. The zero-order chi connectivity index (χ0) is 12.5. The van der Waals surface area contributed by atoms with Gasteiger partial charge in [0.05, 0.1) is 0 Å². The fourth-order valence-electron chi connectivity index (χ4n) is 1.49. The molecule has 18 heavy (non-hydrogen) atoms. The number of ether oxygens (including phenoxy) is 1. The first kappa shape index (κ1) is 10.8. The Morgan fingerprint density at radius 3 is 2.72 bits per heavy atom. The lowest BCUT2D eigenvalue weighted by atomic mass is 10.2. The fourth-order valence-corrected chi connectivity index (χ4v) is 1.62. The Morgan fingerprint density at radius 2 is 1.94 bits per heavy atom. The molecule has 7 nitrogen and oxygen atoms in total. The molecular formula is C10H7ClN6O. The third-order valence-corrected chi connectivity index (χ3v) is 2.53. The molecule has 0 aliphatic carbocycles. The normalized spacial score (nSPS) is 20.9. The Hall–Kier alpha value is -2.28. The molecule has 8 heteroatoms. The maximum absolute atomic E-state index is 5.79. The van der Waals surface area contributed by atoms with Crippen molar-refractivity contribution in [3.8, 4) is 5.75 Å². The molecule has 1 aromatic carbocycles. The predicted molar refractivity (Wildman–Crippen MR) is 67.2 cm³/mol. The van der Waals surface area contributed by atoms with Crippen molar-refractivity contribution in [3.05, 3.63) is 29.3 Å². The van der Waals surface area contributed by atoms with Crippen LogP contribution in [-0.2, 0) is 0 Å². The number of hydrogen-bond acceptors (Lipinski definition) is 7. The van der Waals surface area contributed by atoms with Gasteiger partial charge in [0.2, 0.25) is 17.9 Å². The van der Waals surface area contributed by atoms with Crippen molar-refractivity contribution in [1.82, 2.24) is 0 Å². The Kier molecular flexibility index (Phi) is 2.52. The summed E-state index contributed by atoms with van der Waals surface area (Å²) in [6, 6.07) is 6.34. The van der Waals surface area contributed by atoms with Crippen molar-refractivity contribution in [2.75, 3.05) is 0 Å². The minimum Gasteiger partial charge on any atom is -0.440 e. The lowest BCUT2D eigenvalue weighted by Gasteiger charge is -2.15. The summed E-state index contributed by atoms with van der Waals surface area (Å²) in [5.41, 5.74) is 5.56. The minimum atomic E-state index is -0.520. The number of halogens is 1. The maximum Gasteiger partial charge on any atom is 0.232 e. The topological polar surface area (TPSA) is 97.0 Å². The molecule has 2 aliphatic rings. The van der Waals surface area contributed by atoms with Crippen LogP contribution in [0.15, 0.2) is 49.7 Å². The number of nitrogens with zero attached hydrogens (tertiary/aromatic N) is 5. The average Bonchev–Trinajstić information content (AvgIpc) is 2.80. The second-order valence-electron chi connectivity index (χ2n) is 3.54. The van der Waals surface area contributed by atoms with Gasteiger partial charge in [-0.1, -0.05) is 11.6 Å². The van der Waals surface area contributed by atoms with E-state index in [0.29, 0.717) is 22.5 Å². The van der Waals surface area contributed by atoms with Gasteiger partial charge in [0.1, 0.15) is 5.75 Å². The molecule has 1 aromatic rings. The molecule has 2 aliphatic heterocycles. The Morgan fingerprint density at radius 1 is 1.17 bits per heavy atom. The number of aliphatic imine (C=N–C) groups is 2. The van der Waals surface area contributed by atoms with Crippen molar-refractivity contribution in [2.24, 2.45) is 31.2 Å². The number of benzene rings is 1. The van der Waals surface area contributed by atoms with E-state index in [4.69, 9.17) is 22.1 Å². The van der Waals surface area contributed by atoms with Crippen molar-refractivity contribution < 1.29 is 4.74 Å². The lowest BCUT2D eigenvalue weighted by Crippen LogP contribution is -2.36. The van der Waals surface area contributed by atoms with Crippen LogP contribution >= 0.6 is 11.6 Å². The first-order valence-corrected chi connectivity index (χ1v) is 5.44. The molecule has 1 unspecified atom stereocenters. The highest BCUT2D eigenvalue weighted by atomic mass is 35.5. The van der Waals surface area contributed by atoms with E-state index in [1.165, 1.54) is 0 Å². The number of amidine groups is 1. The van der Waals surface area contributed by atoms with E-state index >= 15 is 0 Å². The Bertz CT molecular complexity index is 603. The van der Waals surface area contributed by atoms with Crippen molar-refractivity contribution in [3.63, 3.8) is 0 Å². The summed E-state index contributed by atoms with van der Waals surface area (Å²) in [5, 5.41) is 11.8. The summed E-state index contributed by atoms with van der Waals surface area (Å²) in [5.74, 6) is 1.33. The van der Waals surface area contributed by atoms with Crippen LogP contribution in [0, 0.1) is 0 Å². The number of nitrogens with two attached hydrogens (primary N) is 1. The van der Waals surface area contributed by atoms with Crippen LogP contribution in [0.2, 0.25) is 5.02 Å². The SMILES string of the molecule is NC1=NC2=NN=NC2C(Oc2ccc(Cl)cc2)=N1. The van der Waals surface area contributed by atoms with Crippen LogP contribution in [0.25, 0.3) is 0 Å². The Labute approximate surface area is 107 Å². The fraction of sp³-hybridized carbons (Fsp3) is 0.100. The van der Waals surface area contributed by atoms with Gasteiger partial charge >= 0.3 is 0 Å². The van der Waals surface area contributed by atoms with E-state index in [9.17, 15) is 0 Å². The summed E-state index contributed by atoms with van der Waals surface area (Å²) in [4.78, 5) is 7.92. The molecule has 1 atom stereocenters. The van der Waals surface area contributed by atoms with Crippen LogP contribution in [0.1, 0.15) is 0 Å². The smallest absolute Gasteiger partial charge is 0.232 e. The van der Waals surface area contributed by atoms with Crippen molar-refractivity contribution >= 4 is 29.3 Å². The summed E-state index contributed by atoms with van der Waals surface area (Å²) in [7, 11) is 0. The third-order valence-electron chi connectivity index (χ3n) is 2.28. The van der Waals surface area contributed by atoms with Crippen molar-refractivity contribution in [1.29, 1.82) is 0 Å². The van der Waals surface area contributed by atoms with E-state index < -0.39 is 6.04 Å². The monoisotopic (exact) mass is 262 g/mol. The second kappa shape index (κ2) is 4.19. The highest BCUT2D eigenvalue weighted by Gasteiger charge is 2.31. The largest absolute Gasteiger partial charge is 0.440 e. The number of guanidine groups is 1. The van der Waals surface area contributed by atoms with Gasteiger partial charge < -0.3 is 10.5 Å². The molecule has 0 saturated heterocycles. The minimum absolute atomic E-state index is 0.0706. The maximum atomic E-state index is 5.79. The van der Waals surface area contributed by atoms with Gasteiger partial charge in [-0.25, -0.2) is 0 Å². The van der Waals surface area contributed by atoms with E-state index in [2.05, 4.69) is 25.4 Å². The third kappa shape index (κ3) is 1.95. The summed E-state index contributed by atoms with van der Waals surface area (Å²) in [6.07, 6.45) is 0. The van der Waals surface area contributed by atoms with Crippen LogP contribution in [0.3, 0.4) is 0 Å². The van der Waals surface area contributed by atoms with E-state index in [-0.39, 0.29) is 5.96 Å². The zero-order valence-electron chi connectivity index (χ0n) is 8.99. The van der Waals surface area contributed by atoms with Crippen LogP contribution in [0.5, 0.6) is 5.75 Å². The summed E-state index contributed by atoms with van der Waals surface area (Å²) >= 11 is 5.79. The van der Waals surface area contributed by atoms with E-state index in [1.54, 1.807) is 24.3 Å². The zero-order valence-corrected chi connectivity index (χ0v) is 9.74. The van der Waals surface area contributed by atoms with Crippen molar-refractivity contribution in [2.45, 2.75) is 6.04 Å². The van der Waals surface area contributed by atoms with Crippen LogP contribution in [0.4, 0.5) is 0 Å². The number of fused-ring (bicyclic) bond motifs is 1. The first-order chi connectivity index (χ1) is 8.72. The van der Waals surface area contributed by atoms with Gasteiger partial charge in [-0.05, 0) is 29.5 Å². The summed E-state index contributed by atoms with van der Waals surface area (Å²) < 4.78 is 5.59. The molecule has 90 valence electrons. The first-order valence-electron chi connectivity index (χ1n) is 5.06. The van der Waals surface area contributed by atoms with E-state index in [0.717, 1.165) is 0 Å². The molecule has 0 radical (unpaired) electrons. The molecular weight excluding hydrogens is 256 g/mol. The molecule has 0 saturated carbocycles. The molecule has 0 aromatic heterocycles. The number of rotatable bonds is 1. The summed E-state index contributed by atoms with van der Waals surface area (Å²) in [6.45, 7) is 0.